The minimum Gasteiger partial charge on any atom is -0.452 e. The molecule has 0 aromatic heterocycles. The average Bonchev–Trinajstić information content (AvgIpc) is 2.72. The molecule has 2 aromatic carbocycles. The van der Waals surface area contributed by atoms with Crippen LogP contribution in [-0.4, -0.2) is 33.4 Å². The third-order valence-electron chi connectivity index (χ3n) is 3.88. The molecule has 0 unspecified atom stereocenters. The average molecular weight is 415 g/mol. The second-order valence-corrected chi connectivity index (χ2v) is 7.78. The van der Waals surface area contributed by atoms with E-state index in [9.17, 15) is 18.0 Å². The number of nitriles is 1. The number of carbonyl (C=O) groups is 2. The number of rotatable bonds is 9. The first kappa shape index (κ1) is 22.1. The molecule has 0 aliphatic rings. The zero-order chi connectivity index (χ0) is 21.3. The van der Waals surface area contributed by atoms with Crippen molar-refractivity contribution in [1.82, 2.24) is 4.72 Å². The summed E-state index contributed by atoms with van der Waals surface area (Å²) < 4.78 is 31.3. The van der Waals surface area contributed by atoms with Crippen molar-refractivity contribution >= 4 is 27.6 Å². The van der Waals surface area contributed by atoms with Gasteiger partial charge in [-0.25, -0.2) is 17.9 Å². The van der Waals surface area contributed by atoms with Crippen LogP contribution in [0.2, 0.25) is 0 Å². The molecule has 0 spiro atoms. The maximum absolute atomic E-state index is 12.1. The lowest BCUT2D eigenvalue weighted by atomic mass is 10.1. The Morgan fingerprint density at radius 2 is 1.86 bits per heavy atom. The molecular formula is C20H21N3O5S. The number of anilines is 1. The second kappa shape index (κ2) is 10.4. The van der Waals surface area contributed by atoms with Gasteiger partial charge in [0.15, 0.2) is 6.61 Å². The lowest BCUT2D eigenvalue weighted by Crippen LogP contribution is -2.24. The van der Waals surface area contributed by atoms with Crippen LogP contribution in [0, 0.1) is 11.3 Å². The highest BCUT2D eigenvalue weighted by Crippen LogP contribution is 2.13. The van der Waals surface area contributed by atoms with E-state index in [1.807, 2.05) is 31.2 Å². The Balaban J connectivity index is 1.90. The Kier molecular flexibility index (Phi) is 7.88. The molecular weight excluding hydrogens is 394 g/mol. The first-order valence-corrected chi connectivity index (χ1v) is 10.4. The zero-order valence-electron chi connectivity index (χ0n) is 15.8. The number of hydrogen-bond acceptors (Lipinski definition) is 6. The van der Waals surface area contributed by atoms with Gasteiger partial charge in [-0.1, -0.05) is 19.1 Å². The van der Waals surface area contributed by atoms with Crippen molar-refractivity contribution in [1.29, 1.82) is 5.26 Å². The molecule has 0 aliphatic carbocycles. The molecule has 0 bridgehead atoms. The monoisotopic (exact) mass is 415 g/mol. The molecule has 9 heteroatoms. The van der Waals surface area contributed by atoms with Gasteiger partial charge < -0.3 is 10.1 Å². The first-order valence-electron chi connectivity index (χ1n) is 8.88. The van der Waals surface area contributed by atoms with Crippen molar-refractivity contribution in [3.63, 3.8) is 0 Å². The first-order chi connectivity index (χ1) is 13.9. The van der Waals surface area contributed by atoms with Crippen LogP contribution in [0.3, 0.4) is 0 Å². The van der Waals surface area contributed by atoms with Crippen LogP contribution in [0.1, 0.15) is 29.3 Å². The Morgan fingerprint density at radius 1 is 1.14 bits per heavy atom. The van der Waals surface area contributed by atoms with Crippen LogP contribution in [0.5, 0.6) is 0 Å². The fraction of sp³-hybridized carbons (Fsp3) is 0.250. The summed E-state index contributed by atoms with van der Waals surface area (Å²) in [6.45, 7) is 1.53. The van der Waals surface area contributed by atoms with Crippen LogP contribution in [-0.2, 0) is 26.0 Å². The summed E-state index contributed by atoms with van der Waals surface area (Å²) in [5.41, 5.74) is 1.79. The van der Waals surface area contributed by atoms with E-state index < -0.39 is 28.5 Å². The third kappa shape index (κ3) is 6.71. The molecule has 2 aromatic rings. The lowest BCUT2D eigenvalue weighted by Gasteiger charge is -2.08. The highest BCUT2D eigenvalue weighted by Gasteiger charge is 2.15. The molecule has 0 fully saturated rings. The highest BCUT2D eigenvalue weighted by atomic mass is 32.2. The van der Waals surface area contributed by atoms with Gasteiger partial charge in [-0.2, -0.15) is 5.26 Å². The molecule has 1 amide bonds. The number of benzene rings is 2. The molecule has 0 heterocycles. The number of ether oxygens (including phenoxy) is 1. The topological polar surface area (TPSA) is 125 Å². The molecule has 152 valence electrons. The molecule has 2 rings (SSSR count). The predicted molar refractivity (Wildman–Crippen MR) is 107 cm³/mol. The molecule has 0 radical (unpaired) electrons. The zero-order valence-corrected chi connectivity index (χ0v) is 16.7. The Morgan fingerprint density at radius 3 is 2.52 bits per heavy atom. The summed E-state index contributed by atoms with van der Waals surface area (Å²) in [6, 6.07) is 14.3. The van der Waals surface area contributed by atoms with Crippen LogP contribution in [0.4, 0.5) is 5.69 Å². The van der Waals surface area contributed by atoms with Crippen LogP contribution >= 0.6 is 0 Å². The quantitative estimate of drug-likeness (QED) is 0.478. The van der Waals surface area contributed by atoms with Gasteiger partial charge in [-0.15, -0.1) is 0 Å². The van der Waals surface area contributed by atoms with Crippen molar-refractivity contribution in [3.05, 3.63) is 59.7 Å². The maximum Gasteiger partial charge on any atom is 0.338 e. The van der Waals surface area contributed by atoms with E-state index in [1.165, 1.54) is 24.3 Å². The van der Waals surface area contributed by atoms with Gasteiger partial charge in [0, 0.05) is 18.7 Å². The van der Waals surface area contributed by atoms with E-state index in [1.54, 1.807) is 6.07 Å². The smallest absolute Gasteiger partial charge is 0.338 e. The number of amides is 1. The Labute approximate surface area is 169 Å². The van der Waals surface area contributed by atoms with Crippen molar-refractivity contribution in [2.24, 2.45) is 0 Å². The largest absolute Gasteiger partial charge is 0.452 e. The summed E-state index contributed by atoms with van der Waals surface area (Å²) >= 11 is 0. The summed E-state index contributed by atoms with van der Waals surface area (Å²) in [4.78, 5) is 24.0. The summed E-state index contributed by atoms with van der Waals surface area (Å²) in [5.74, 6) is -1.23. The van der Waals surface area contributed by atoms with Gasteiger partial charge in [-0.3, -0.25) is 4.79 Å². The third-order valence-corrected chi connectivity index (χ3v) is 5.36. The highest BCUT2D eigenvalue weighted by molar-refractivity contribution is 7.89. The second-order valence-electron chi connectivity index (χ2n) is 6.01. The normalized spacial score (nSPS) is 10.8. The maximum atomic E-state index is 12.1. The van der Waals surface area contributed by atoms with Crippen LogP contribution < -0.4 is 10.0 Å². The SMILES string of the molecule is CCc1cccc(NC(=O)COC(=O)c2ccc(S(=O)(=O)NCCC#N)cc2)c1. The number of carbonyl (C=O) groups excluding carboxylic acids is 2. The van der Waals surface area contributed by atoms with E-state index in [4.69, 9.17) is 10.00 Å². The molecule has 0 atom stereocenters. The van der Waals surface area contributed by atoms with Crippen LogP contribution in [0.15, 0.2) is 53.4 Å². The van der Waals surface area contributed by atoms with Crippen molar-refractivity contribution in [3.8, 4) is 6.07 Å². The van der Waals surface area contributed by atoms with Gasteiger partial charge in [0.2, 0.25) is 10.0 Å². The lowest BCUT2D eigenvalue weighted by molar-refractivity contribution is -0.119. The number of hydrogen-bond donors (Lipinski definition) is 2. The van der Waals surface area contributed by atoms with E-state index in [0.29, 0.717) is 5.69 Å². The van der Waals surface area contributed by atoms with Crippen LogP contribution in [0.25, 0.3) is 0 Å². The van der Waals surface area contributed by atoms with Gasteiger partial charge >= 0.3 is 5.97 Å². The molecule has 8 nitrogen and oxygen atoms in total. The number of nitrogens with one attached hydrogen (secondary N) is 2. The standard InChI is InChI=1S/C20H21N3O5S/c1-2-15-5-3-6-17(13-15)23-19(24)14-28-20(25)16-7-9-18(10-8-16)29(26,27)22-12-4-11-21/h3,5-10,13,22H,2,4,12,14H2,1H3,(H,23,24). The Hall–Kier alpha value is -3.22. The fourth-order valence-corrected chi connectivity index (χ4v) is 3.41. The van der Waals surface area contributed by atoms with E-state index in [2.05, 4.69) is 10.0 Å². The molecule has 0 aliphatic heterocycles. The van der Waals surface area contributed by atoms with Crippen molar-refractivity contribution in [2.45, 2.75) is 24.7 Å². The minimum absolute atomic E-state index is 0.00109. The van der Waals surface area contributed by atoms with Crippen molar-refractivity contribution < 1.29 is 22.7 Å². The number of aryl methyl sites for hydroxylation is 1. The van der Waals surface area contributed by atoms with E-state index in [0.717, 1.165) is 12.0 Å². The van der Waals surface area contributed by atoms with E-state index >= 15 is 0 Å². The summed E-state index contributed by atoms with van der Waals surface area (Å²) in [7, 11) is -3.76. The Bertz CT molecular complexity index is 1010. The predicted octanol–water partition coefficient (Wildman–Crippen LogP) is 2.24. The molecule has 2 N–H and O–H groups in total. The fourth-order valence-electron chi connectivity index (χ4n) is 2.38. The molecule has 0 saturated carbocycles. The van der Waals surface area contributed by atoms with Gasteiger partial charge in [0.25, 0.3) is 5.91 Å². The van der Waals surface area contributed by atoms with Gasteiger partial charge in [0.05, 0.1) is 16.5 Å². The summed E-state index contributed by atoms with van der Waals surface area (Å²) in [6.07, 6.45) is 0.882. The minimum atomic E-state index is -3.76. The number of sulfonamides is 1. The molecule has 0 saturated heterocycles. The summed E-state index contributed by atoms with van der Waals surface area (Å²) in [5, 5.41) is 11.1. The number of esters is 1. The molecule has 29 heavy (non-hydrogen) atoms. The van der Waals surface area contributed by atoms with Gasteiger partial charge in [-0.05, 0) is 48.4 Å². The van der Waals surface area contributed by atoms with Gasteiger partial charge in [0.1, 0.15) is 0 Å². The van der Waals surface area contributed by atoms with E-state index in [-0.39, 0.29) is 23.4 Å². The van der Waals surface area contributed by atoms with Crippen molar-refractivity contribution in [2.75, 3.05) is 18.5 Å². The number of nitrogens with zero attached hydrogens (tertiary/aromatic N) is 1.